The average Bonchev–Trinajstić information content (AvgIpc) is 2.64. The molecule has 2 nitrogen and oxygen atoms in total. The lowest BCUT2D eigenvalue weighted by atomic mass is 9.68. The van der Waals surface area contributed by atoms with Crippen molar-refractivity contribution in [2.45, 2.75) is 52.5 Å². The number of halogens is 1. The minimum Gasteiger partial charge on any atom is -0.352 e. The number of alkyl halides is 1. The van der Waals surface area contributed by atoms with Crippen molar-refractivity contribution in [3.63, 3.8) is 0 Å². The molecule has 2 fully saturated rings. The van der Waals surface area contributed by atoms with E-state index in [-0.39, 0.29) is 11.3 Å². The zero-order valence-corrected chi connectivity index (χ0v) is 11.2. The third-order valence-electron chi connectivity index (χ3n) is 4.90. The minimum atomic E-state index is 0.113. The molecule has 1 amide bonds. The maximum atomic E-state index is 11.7. The standard InChI is InChI=1S/C13H22ClNO/c1-12(2)9-4-6-13(3,8-9)11(12)15-10(16)5-7-14/h9,11H,4-8H2,1-3H3,(H,15,16). The van der Waals surface area contributed by atoms with Gasteiger partial charge in [-0.3, -0.25) is 4.79 Å². The van der Waals surface area contributed by atoms with Crippen molar-refractivity contribution in [1.82, 2.24) is 5.32 Å². The highest BCUT2D eigenvalue weighted by Crippen LogP contribution is 2.62. The molecule has 16 heavy (non-hydrogen) atoms. The van der Waals surface area contributed by atoms with Crippen LogP contribution in [0, 0.1) is 16.7 Å². The molecular weight excluding hydrogens is 222 g/mol. The maximum Gasteiger partial charge on any atom is 0.221 e. The van der Waals surface area contributed by atoms with Gasteiger partial charge in [-0.2, -0.15) is 0 Å². The molecule has 0 aromatic rings. The number of carbonyl (C=O) groups excluding carboxylic acids is 1. The molecule has 3 unspecified atom stereocenters. The fourth-order valence-corrected chi connectivity index (χ4v) is 4.15. The fourth-order valence-electron chi connectivity index (χ4n) is 3.98. The molecule has 2 aliphatic rings. The van der Waals surface area contributed by atoms with Crippen LogP contribution in [0.5, 0.6) is 0 Å². The zero-order chi connectivity index (χ0) is 12.0. The molecule has 92 valence electrons. The van der Waals surface area contributed by atoms with E-state index < -0.39 is 0 Å². The quantitative estimate of drug-likeness (QED) is 0.759. The zero-order valence-electron chi connectivity index (χ0n) is 10.5. The number of hydrogen-bond acceptors (Lipinski definition) is 1. The Balaban J connectivity index is 2.11. The van der Waals surface area contributed by atoms with E-state index in [1.54, 1.807) is 0 Å². The van der Waals surface area contributed by atoms with E-state index in [9.17, 15) is 4.79 Å². The van der Waals surface area contributed by atoms with Crippen molar-refractivity contribution in [3.05, 3.63) is 0 Å². The summed E-state index contributed by atoms with van der Waals surface area (Å²) in [6, 6.07) is 0.328. The molecule has 0 aliphatic heterocycles. The van der Waals surface area contributed by atoms with Gasteiger partial charge in [0.2, 0.25) is 5.91 Å². The van der Waals surface area contributed by atoms with E-state index in [4.69, 9.17) is 11.6 Å². The average molecular weight is 244 g/mol. The van der Waals surface area contributed by atoms with Gasteiger partial charge in [-0.15, -0.1) is 11.6 Å². The third kappa shape index (κ3) is 1.75. The van der Waals surface area contributed by atoms with Crippen LogP contribution in [-0.2, 0) is 4.79 Å². The summed E-state index contributed by atoms with van der Waals surface area (Å²) in [5.74, 6) is 1.31. The molecule has 0 spiro atoms. The molecule has 0 heterocycles. The van der Waals surface area contributed by atoms with Crippen LogP contribution in [0.15, 0.2) is 0 Å². The van der Waals surface area contributed by atoms with Gasteiger partial charge in [-0.25, -0.2) is 0 Å². The second kappa shape index (κ2) is 3.90. The first-order valence-corrected chi connectivity index (χ1v) is 6.79. The number of amides is 1. The van der Waals surface area contributed by atoms with Crippen molar-refractivity contribution in [3.8, 4) is 0 Å². The Hall–Kier alpha value is -0.240. The molecular formula is C13H22ClNO. The van der Waals surface area contributed by atoms with Crippen molar-refractivity contribution in [2.24, 2.45) is 16.7 Å². The van der Waals surface area contributed by atoms with E-state index in [2.05, 4.69) is 26.1 Å². The summed E-state index contributed by atoms with van der Waals surface area (Å²) in [5.41, 5.74) is 0.561. The molecule has 0 radical (unpaired) electrons. The van der Waals surface area contributed by atoms with Crippen LogP contribution >= 0.6 is 11.6 Å². The molecule has 3 atom stereocenters. The highest BCUT2D eigenvalue weighted by molar-refractivity contribution is 6.18. The molecule has 2 bridgehead atoms. The molecule has 1 N–H and O–H groups in total. The summed E-state index contributed by atoms with van der Waals surface area (Å²) in [7, 11) is 0. The summed E-state index contributed by atoms with van der Waals surface area (Å²) in [6.07, 6.45) is 4.29. The Kier molecular flexibility index (Phi) is 2.98. The van der Waals surface area contributed by atoms with E-state index in [0.717, 1.165) is 5.92 Å². The smallest absolute Gasteiger partial charge is 0.221 e. The fraction of sp³-hybridized carbons (Fsp3) is 0.923. The van der Waals surface area contributed by atoms with E-state index in [0.29, 0.717) is 23.8 Å². The topological polar surface area (TPSA) is 29.1 Å². The maximum absolute atomic E-state index is 11.7. The van der Waals surface area contributed by atoms with Gasteiger partial charge < -0.3 is 5.32 Å². The van der Waals surface area contributed by atoms with Gasteiger partial charge in [-0.1, -0.05) is 20.8 Å². The monoisotopic (exact) mass is 243 g/mol. The van der Waals surface area contributed by atoms with Gasteiger partial charge in [0.15, 0.2) is 0 Å². The van der Waals surface area contributed by atoms with Crippen LogP contribution in [0.4, 0.5) is 0 Å². The van der Waals surface area contributed by atoms with Crippen molar-refractivity contribution in [2.75, 3.05) is 5.88 Å². The van der Waals surface area contributed by atoms with Crippen LogP contribution < -0.4 is 5.32 Å². The van der Waals surface area contributed by atoms with Crippen LogP contribution in [0.3, 0.4) is 0 Å². The van der Waals surface area contributed by atoms with Crippen molar-refractivity contribution < 1.29 is 4.79 Å². The van der Waals surface area contributed by atoms with Gasteiger partial charge >= 0.3 is 0 Å². The predicted molar refractivity (Wildman–Crippen MR) is 66.5 cm³/mol. The van der Waals surface area contributed by atoms with Crippen LogP contribution in [0.1, 0.15) is 46.5 Å². The number of carbonyl (C=O) groups is 1. The van der Waals surface area contributed by atoms with Crippen LogP contribution in [0.25, 0.3) is 0 Å². The molecule has 2 saturated carbocycles. The summed E-state index contributed by atoms with van der Waals surface area (Å²) in [6.45, 7) is 6.93. The van der Waals surface area contributed by atoms with Gasteiger partial charge in [0.25, 0.3) is 0 Å². The third-order valence-corrected chi connectivity index (χ3v) is 5.09. The molecule has 0 aromatic carbocycles. The van der Waals surface area contributed by atoms with Gasteiger partial charge in [0, 0.05) is 18.3 Å². The first-order valence-electron chi connectivity index (χ1n) is 6.25. The Labute approximate surface area is 103 Å². The first kappa shape index (κ1) is 12.2. The van der Waals surface area contributed by atoms with Gasteiger partial charge in [0.1, 0.15) is 0 Å². The number of nitrogens with one attached hydrogen (secondary N) is 1. The molecule has 2 aliphatic carbocycles. The van der Waals surface area contributed by atoms with E-state index in [1.165, 1.54) is 19.3 Å². The highest BCUT2D eigenvalue weighted by Gasteiger charge is 2.59. The van der Waals surface area contributed by atoms with Gasteiger partial charge in [0.05, 0.1) is 0 Å². The normalized spacial score (nSPS) is 40.0. The lowest BCUT2D eigenvalue weighted by Crippen LogP contribution is -2.52. The summed E-state index contributed by atoms with van der Waals surface area (Å²) in [4.78, 5) is 11.7. The summed E-state index contributed by atoms with van der Waals surface area (Å²) in [5, 5.41) is 3.22. The van der Waals surface area contributed by atoms with Crippen LogP contribution in [-0.4, -0.2) is 17.8 Å². The second-order valence-electron chi connectivity index (χ2n) is 6.35. The SMILES string of the molecule is CC12CCC(C1)C(C)(C)C2NC(=O)CCCl. The van der Waals surface area contributed by atoms with E-state index in [1.807, 2.05) is 0 Å². The predicted octanol–water partition coefficient (Wildman–Crippen LogP) is 2.95. The largest absolute Gasteiger partial charge is 0.352 e. The Morgan fingerprint density at radius 2 is 2.12 bits per heavy atom. The second-order valence-corrected chi connectivity index (χ2v) is 6.73. The lowest BCUT2D eigenvalue weighted by molar-refractivity contribution is -0.123. The molecule has 2 rings (SSSR count). The Bertz CT molecular complexity index is 298. The summed E-state index contributed by atoms with van der Waals surface area (Å²) < 4.78 is 0. The first-order chi connectivity index (χ1) is 7.40. The van der Waals surface area contributed by atoms with Crippen molar-refractivity contribution >= 4 is 17.5 Å². The number of hydrogen-bond donors (Lipinski definition) is 1. The Morgan fingerprint density at radius 3 is 2.62 bits per heavy atom. The molecule has 0 aromatic heterocycles. The van der Waals surface area contributed by atoms with E-state index >= 15 is 0 Å². The summed E-state index contributed by atoms with van der Waals surface area (Å²) >= 11 is 5.61. The molecule has 0 saturated heterocycles. The number of rotatable bonds is 3. The highest BCUT2D eigenvalue weighted by atomic mass is 35.5. The Morgan fingerprint density at radius 1 is 1.44 bits per heavy atom. The van der Waals surface area contributed by atoms with Crippen LogP contribution in [0.2, 0.25) is 0 Å². The lowest BCUT2D eigenvalue weighted by Gasteiger charge is -2.43. The van der Waals surface area contributed by atoms with Crippen molar-refractivity contribution in [1.29, 1.82) is 0 Å². The molecule has 3 heteroatoms. The minimum absolute atomic E-state index is 0.113. The number of fused-ring (bicyclic) bond motifs is 2. The van der Waals surface area contributed by atoms with Gasteiger partial charge in [-0.05, 0) is 36.0 Å².